The molecule has 0 saturated carbocycles. The van der Waals surface area contributed by atoms with Crippen LogP contribution in [0.2, 0.25) is 0 Å². The zero-order chi connectivity index (χ0) is 15.3. The Hall–Kier alpha value is -2.56. The summed E-state index contributed by atoms with van der Waals surface area (Å²) in [6.07, 6.45) is -0.164. The van der Waals surface area contributed by atoms with Crippen molar-refractivity contribution in [2.24, 2.45) is 0 Å². The number of benzene rings is 2. The molecule has 1 N–H and O–H groups in total. The average Bonchev–Trinajstić information content (AvgIpc) is 2.93. The van der Waals surface area contributed by atoms with Gasteiger partial charge in [-0.15, -0.1) is 0 Å². The molecular weight excluding hydrogens is 284 g/mol. The Morgan fingerprint density at radius 1 is 1.05 bits per heavy atom. The molecule has 0 bridgehead atoms. The van der Waals surface area contributed by atoms with Crippen LogP contribution in [-0.4, -0.2) is 25.9 Å². The maximum Gasteiger partial charge on any atom is 0.138 e. The van der Waals surface area contributed by atoms with Crippen LogP contribution in [-0.2, 0) is 0 Å². The Balaban J connectivity index is 1.78. The van der Waals surface area contributed by atoms with Crippen molar-refractivity contribution in [1.29, 1.82) is 0 Å². The van der Waals surface area contributed by atoms with E-state index < -0.39 is 0 Å². The fourth-order valence-electron chi connectivity index (χ4n) is 3.18. The first kappa shape index (κ1) is 13.1. The summed E-state index contributed by atoms with van der Waals surface area (Å²) in [7, 11) is 3.19. The summed E-state index contributed by atoms with van der Waals surface area (Å²) in [5.41, 5.74) is 1.75. The van der Waals surface area contributed by atoms with Crippen LogP contribution in [0.15, 0.2) is 30.3 Å². The zero-order valence-corrected chi connectivity index (χ0v) is 12.3. The normalized spacial score (nSPS) is 21.0. The van der Waals surface area contributed by atoms with Crippen molar-refractivity contribution in [3.8, 4) is 28.7 Å². The number of hydrogen-bond donors (Lipinski definition) is 1. The van der Waals surface area contributed by atoms with Gasteiger partial charge in [0.05, 0.1) is 26.7 Å². The molecule has 5 heteroatoms. The third kappa shape index (κ3) is 1.78. The molecule has 0 unspecified atom stereocenters. The van der Waals surface area contributed by atoms with E-state index >= 15 is 0 Å². The lowest BCUT2D eigenvalue weighted by molar-refractivity contribution is 0.138. The summed E-state index contributed by atoms with van der Waals surface area (Å²) in [5.74, 6) is 2.89. The molecule has 0 saturated heterocycles. The van der Waals surface area contributed by atoms with Gasteiger partial charge in [-0.2, -0.15) is 0 Å². The lowest BCUT2D eigenvalue weighted by atomic mass is 9.89. The quantitative estimate of drug-likeness (QED) is 0.924. The summed E-state index contributed by atoms with van der Waals surface area (Å²) in [6.45, 7) is 0.456. The van der Waals surface area contributed by atoms with Crippen molar-refractivity contribution < 1.29 is 24.1 Å². The molecule has 2 aliphatic rings. The Morgan fingerprint density at radius 3 is 2.59 bits per heavy atom. The van der Waals surface area contributed by atoms with Gasteiger partial charge in [0, 0.05) is 29.3 Å². The molecule has 4 rings (SSSR count). The molecular formula is C17H16O5. The predicted octanol–water partition coefficient (Wildman–Crippen LogP) is 3.02. The van der Waals surface area contributed by atoms with Gasteiger partial charge in [-0.1, -0.05) is 0 Å². The molecule has 2 aliphatic heterocycles. The molecule has 0 aromatic heterocycles. The van der Waals surface area contributed by atoms with Gasteiger partial charge in [0.15, 0.2) is 0 Å². The fourth-order valence-corrected chi connectivity index (χ4v) is 3.18. The molecule has 114 valence electrons. The highest BCUT2D eigenvalue weighted by atomic mass is 16.5. The number of phenolic OH excluding ortho intramolecular Hbond substituents is 1. The van der Waals surface area contributed by atoms with E-state index in [9.17, 15) is 5.11 Å². The molecule has 0 radical (unpaired) electrons. The highest BCUT2D eigenvalue weighted by Gasteiger charge is 2.42. The van der Waals surface area contributed by atoms with Crippen LogP contribution >= 0.6 is 0 Å². The number of rotatable bonds is 2. The minimum Gasteiger partial charge on any atom is -0.507 e. The van der Waals surface area contributed by atoms with Gasteiger partial charge in [-0.3, -0.25) is 0 Å². The zero-order valence-electron chi connectivity index (χ0n) is 12.3. The Morgan fingerprint density at radius 2 is 1.82 bits per heavy atom. The highest BCUT2D eigenvalue weighted by molar-refractivity contribution is 5.57. The van der Waals surface area contributed by atoms with Gasteiger partial charge in [0.25, 0.3) is 0 Å². The third-order valence-electron chi connectivity index (χ3n) is 4.27. The largest absolute Gasteiger partial charge is 0.507 e. The van der Waals surface area contributed by atoms with Gasteiger partial charge in [-0.05, 0) is 12.1 Å². The van der Waals surface area contributed by atoms with Gasteiger partial charge >= 0.3 is 0 Å². The van der Waals surface area contributed by atoms with Crippen molar-refractivity contribution in [2.45, 2.75) is 12.0 Å². The number of phenols is 1. The lowest BCUT2D eigenvalue weighted by Crippen LogP contribution is -2.23. The maximum absolute atomic E-state index is 10.3. The molecule has 2 aromatic carbocycles. The monoisotopic (exact) mass is 300 g/mol. The van der Waals surface area contributed by atoms with Crippen molar-refractivity contribution >= 4 is 0 Å². The number of fused-ring (bicyclic) bond motifs is 5. The van der Waals surface area contributed by atoms with E-state index in [1.54, 1.807) is 26.4 Å². The number of aromatic hydroxyl groups is 1. The minimum atomic E-state index is -0.164. The topological polar surface area (TPSA) is 57.2 Å². The molecule has 0 fully saturated rings. The van der Waals surface area contributed by atoms with Crippen LogP contribution in [0.5, 0.6) is 28.7 Å². The molecule has 2 heterocycles. The smallest absolute Gasteiger partial charge is 0.138 e. The molecule has 0 amide bonds. The first-order valence-corrected chi connectivity index (χ1v) is 7.09. The molecule has 0 aliphatic carbocycles. The van der Waals surface area contributed by atoms with E-state index in [1.807, 2.05) is 18.2 Å². The summed E-state index contributed by atoms with van der Waals surface area (Å²) in [6, 6.07) is 9.10. The number of ether oxygens (including phenoxy) is 4. The van der Waals surface area contributed by atoms with Crippen LogP contribution in [0.4, 0.5) is 0 Å². The van der Waals surface area contributed by atoms with E-state index in [0.29, 0.717) is 18.1 Å². The molecule has 22 heavy (non-hydrogen) atoms. The minimum absolute atomic E-state index is 0.0261. The second-order valence-corrected chi connectivity index (χ2v) is 5.42. The first-order chi connectivity index (χ1) is 10.7. The Bertz CT molecular complexity index is 740. The third-order valence-corrected chi connectivity index (χ3v) is 4.27. The lowest BCUT2D eigenvalue weighted by Gasteiger charge is -2.28. The first-order valence-electron chi connectivity index (χ1n) is 7.09. The fraction of sp³-hybridized carbons (Fsp3) is 0.294. The van der Waals surface area contributed by atoms with Crippen molar-refractivity contribution in [3.05, 3.63) is 41.5 Å². The van der Waals surface area contributed by atoms with E-state index in [1.165, 1.54) is 0 Å². The molecule has 2 atom stereocenters. The SMILES string of the molecule is COc1ccc2c(c1)OC[C@H]1c3c(O)cc(OC)cc3O[C@@H]21. The number of methoxy groups -OCH3 is 2. The van der Waals surface area contributed by atoms with E-state index in [4.69, 9.17) is 18.9 Å². The van der Waals surface area contributed by atoms with Crippen LogP contribution in [0.3, 0.4) is 0 Å². The van der Waals surface area contributed by atoms with E-state index in [-0.39, 0.29) is 17.8 Å². The van der Waals surface area contributed by atoms with Crippen LogP contribution in [0.1, 0.15) is 23.1 Å². The summed E-state index contributed by atoms with van der Waals surface area (Å²) in [5, 5.41) is 10.3. The van der Waals surface area contributed by atoms with Crippen LogP contribution in [0.25, 0.3) is 0 Å². The Kier molecular flexibility index (Phi) is 2.82. The van der Waals surface area contributed by atoms with Crippen LogP contribution in [0, 0.1) is 0 Å². The van der Waals surface area contributed by atoms with E-state index in [2.05, 4.69) is 0 Å². The molecule has 2 aromatic rings. The Labute approximate surface area is 128 Å². The summed E-state index contributed by atoms with van der Waals surface area (Å²) >= 11 is 0. The summed E-state index contributed by atoms with van der Waals surface area (Å²) in [4.78, 5) is 0. The van der Waals surface area contributed by atoms with Gasteiger partial charge in [0.1, 0.15) is 34.9 Å². The van der Waals surface area contributed by atoms with Crippen LogP contribution < -0.4 is 18.9 Å². The summed E-state index contributed by atoms with van der Waals surface area (Å²) < 4.78 is 22.3. The second kappa shape index (κ2) is 4.73. The standard InChI is InChI=1S/C17H16O5/c1-19-9-3-4-11-14(6-9)21-8-12-16-13(18)5-10(20-2)7-15(16)22-17(11)12/h3-7,12,17-18H,8H2,1-2H3/t12-,17-/m0/s1. The van der Waals surface area contributed by atoms with Crippen molar-refractivity contribution in [3.63, 3.8) is 0 Å². The van der Waals surface area contributed by atoms with Gasteiger partial charge in [-0.25, -0.2) is 0 Å². The predicted molar refractivity (Wildman–Crippen MR) is 79.3 cm³/mol. The van der Waals surface area contributed by atoms with Gasteiger partial charge < -0.3 is 24.1 Å². The average molecular weight is 300 g/mol. The maximum atomic E-state index is 10.3. The number of hydrogen-bond acceptors (Lipinski definition) is 5. The molecule has 5 nitrogen and oxygen atoms in total. The van der Waals surface area contributed by atoms with Crippen molar-refractivity contribution in [1.82, 2.24) is 0 Å². The van der Waals surface area contributed by atoms with E-state index in [0.717, 1.165) is 22.6 Å². The second-order valence-electron chi connectivity index (χ2n) is 5.42. The van der Waals surface area contributed by atoms with Crippen molar-refractivity contribution in [2.75, 3.05) is 20.8 Å². The highest BCUT2D eigenvalue weighted by Crippen LogP contribution is 2.55. The van der Waals surface area contributed by atoms with Gasteiger partial charge in [0.2, 0.25) is 0 Å². The molecule has 0 spiro atoms.